The molecule has 13 heteroatoms. The van der Waals surface area contributed by atoms with Gasteiger partial charge in [-0.05, 0) is 77.1 Å². The van der Waals surface area contributed by atoms with Crippen LogP contribution in [0.1, 0.15) is 55.5 Å². The molecular formula is C29H32N6O6S. The Morgan fingerprint density at radius 1 is 1.00 bits per heavy atom. The number of carboxylic acid groups (broad SMARTS) is 1. The number of aromatic carboxylic acids is 1. The maximum absolute atomic E-state index is 12.8. The molecule has 3 aromatic rings. The molecular weight excluding hydrogens is 560 g/mol. The number of benzene rings is 2. The Labute approximate surface area is 247 Å². The molecule has 42 heavy (non-hydrogen) atoms. The number of amides is 3. The number of thioether (sulfide) groups is 1. The summed E-state index contributed by atoms with van der Waals surface area (Å²) in [5.74, 6) is -0.829. The van der Waals surface area contributed by atoms with Gasteiger partial charge in [-0.25, -0.2) is 9.59 Å². The molecule has 0 bridgehead atoms. The number of imide groups is 1. The molecule has 2 aromatic carbocycles. The normalized spacial score (nSPS) is 17.4. The molecule has 3 heterocycles. The zero-order valence-corrected chi connectivity index (χ0v) is 24.2. The van der Waals surface area contributed by atoms with Crippen molar-refractivity contribution in [2.75, 3.05) is 19.6 Å². The van der Waals surface area contributed by atoms with Crippen molar-refractivity contribution in [3.63, 3.8) is 0 Å². The Bertz CT molecular complexity index is 1440. The molecule has 0 atom stereocenters. The third-order valence-corrected chi connectivity index (χ3v) is 8.66. The number of aromatic nitrogens is 4. The fourth-order valence-electron chi connectivity index (χ4n) is 5.06. The average Bonchev–Trinajstić information content (AvgIpc) is 3.41. The minimum absolute atomic E-state index is 0.130. The van der Waals surface area contributed by atoms with E-state index in [1.807, 2.05) is 26.0 Å². The first-order chi connectivity index (χ1) is 20.1. The first-order valence-corrected chi connectivity index (χ1v) is 14.6. The Balaban J connectivity index is 1.08. The van der Waals surface area contributed by atoms with Crippen molar-refractivity contribution in [3.8, 4) is 11.4 Å². The van der Waals surface area contributed by atoms with Crippen LogP contribution in [0.2, 0.25) is 0 Å². The van der Waals surface area contributed by atoms with Crippen LogP contribution in [0, 0.1) is 5.41 Å². The van der Waals surface area contributed by atoms with E-state index < -0.39 is 12.1 Å². The lowest BCUT2D eigenvalue weighted by molar-refractivity contribution is -0.152. The van der Waals surface area contributed by atoms with Crippen LogP contribution in [0.5, 0.6) is 5.75 Å². The van der Waals surface area contributed by atoms with Crippen molar-refractivity contribution in [2.45, 2.75) is 56.4 Å². The van der Waals surface area contributed by atoms with E-state index in [9.17, 15) is 19.2 Å². The number of piperidine rings is 2. The summed E-state index contributed by atoms with van der Waals surface area (Å²) in [7, 11) is 0. The highest BCUT2D eigenvalue weighted by atomic mass is 32.2. The Kier molecular flexibility index (Phi) is 8.57. The van der Waals surface area contributed by atoms with Gasteiger partial charge in [0.05, 0.1) is 11.3 Å². The lowest BCUT2D eigenvalue weighted by Gasteiger charge is -2.34. The van der Waals surface area contributed by atoms with Crippen LogP contribution in [0.15, 0.2) is 53.7 Å². The number of tetrazole rings is 1. The molecule has 2 saturated heterocycles. The van der Waals surface area contributed by atoms with Crippen LogP contribution in [-0.2, 0) is 16.0 Å². The summed E-state index contributed by atoms with van der Waals surface area (Å²) in [5, 5.41) is 21.8. The van der Waals surface area contributed by atoms with E-state index in [0.29, 0.717) is 55.5 Å². The number of hydrogen-bond acceptors (Lipinski definition) is 9. The second kappa shape index (κ2) is 12.3. The molecule has 220 valence electrons. The summed E-state index contributed by atoms with van der Waals surface area (Å²) in [5.41, 5.74) is 1.50. The van der Waals surface area contributed by atoms with Crippen LogP contribution in [0.3, 0.4) is 0 Å². The van der Waals surface area contributed by atoms with Crippen molar-refractivity contribution < 1.29 is 29.0 Å². The molecule has 2 aliphatic heterocycles. The van der Waals surface area contributed by atoms with Gasteiger partial charge in [0, 0.05) is 37.7 Å². The van der Waals surface area contributed by atoms with Crippen LogP contribution < -0.4 is 4.74 Å². The van der Waals surface area contributed by atoms with Gasteiger partial charge in [0.1, 0.15) is 5.75 Å². The van der Waals surface area contributed by atoms with Gasteiger partial charge in [0.2, 0.25) is 17.0 Å². The van der Waals surface area contributed by atoms with Crippen LogP contribution in [0.25, 0.3) is 5.69 Å². The number of likely N-dealkylation sites (tertiary alicyclic amines) is 2. The van der Waals surface area contributed by atoms with Gasteiger partial charge in [-0.15, -0.1) is 5.10 Å². The summed E-state index contributed by atoms with van der Waals surface area (Å²) in [6.45, 7) is 5.25. The quantitative estimate of drug-likeness (QED) is 0.383. The summed E-state index contributed by atoms with van der Waals surface area (Å²) in [6, 6.07) is 13.5. The van der Waals surface area contributed by atoms with E-state index in [4.69, 9.17) is 9.84 Å². The van der Waals surface area contributed by atoms with Crippen molar-refractivity contribution >= 4 is 35.6 Å². The third kappa shape index (κ3) is 6.96. The van der Waals surface area contributed by atoms with Gasteiger partial charge in [0.15, 0.2) is 0 Å². The number of carboxylic acids is 1. The highest BCUT2D eigenvalue weighted by molar-refractivity contribution is 7.99. The standard InChI is InChI=1S/C29H32N6O6S/c1-29(2)17-24(36)34(25(37)18-29)16-11-19-3-9-22(10-4-19)41-28(40)33-14-12-23(13-15-33)42-27-30-31-32-35(27)21-7-5-20(6-8-21)26(38)39/h3-10,23H,11-18H2,1-2H3,(H,38,39). The predicted molar refractivity (Wildman–Crippen MR) is 152 cm³/mol. The SMILES string of the molecule is CC1(C)CC(=O)N(CCc2ccc(OC(=O)N3CCC(Sc4nnnn4-c4ccc(C(=O)O)cc4)CC3)cc2)C(=O)C1. The second-order valence-electron chi connectivity index (χ2n) is 11.2. The maximum Gasteiger partial charge on any atom is 0.415 e. The van der Waals surface area contributed by atoms with E-state index in [-0.39, 0.29) is 28.0 Å². The second-order valence-corrected chi connectivity index (χ2v) is 12.5. The molecule has 0 aliphatic carbocycles. The molecule has 0 unspecified atom stereocenters. The highest BCUT2D eigenvalue weighted by Crippen LogP contribution is 2.32. The topological polar surface area (TPSA) is 148 Å². The smallest absolute Gasteiger partial charge is 0.415 e. The van der Waals surface area contributed by atoms with Gasteiger partial charge in [-0.2, -0.15) is 4.68 Å². The zero-order valence-electron chi connectivity index (χ0n) is 23.4. The summed E-state index contributed by atoms with van der Waals surface area (Å²) in [6.07, 6.45) is 2.32. The highest BCUT2D eigenvalue weighted by Gasteiger charge is 2.37. The van der Waals surface area contributed by atoms with Gasteiger partial charge in [0.25, 0.3) is 0 Å². The molecule has 2 fully saturated rings. The minimum Gasteiger partial charge on any atom is -0.478 e. The molecule has 0 radical (unpaired) electrons. The monoisotopic (exact) mass is 592 g/mol. The molecule has 1 N–H and O–H groups in total. The molecule has 0 spiro atoms. The third-order valence-electron chi connectivity index (χ3n) is 7.39. The van der Waals surface area contributed by atoms with Crippen molar-refractivity contribution in [1.82, 2.24) is 30.0 Å². The summed E-state index contributed by atoms with van der Waals surface area (Å²) < 4.78 is 7.16. The first-order valence-electron chi connectivity index (χ1n) is 13.8. The van der Waals surface area contributed by atoms with Crippen LogP contribution in [-0.4, -0.2) is 83.9 Å². The molecule has 0 saturated carbocycles. The number of ether oxygens (including phenoxy) is 1. The fraction of sp³-hybridized carbons (Fsp3) is 0.414. The summed E-state index contributed by atoms with van der Waals surface area (Å²) >= 11 is 1.52. The maximum atomic E-state index is 12.8. The lowest BCUT2D eigenvalue weighted by Crippen LogP contribution is -2.46. The predicted octanol–water partition coefficient (Wildman–Crippen LogP) is 3.83. The summed E-state index contributed by atoms with van der Waals surface area (Å²) in [4.78, 5) is 51.7. The Hall–Kier alpha value is -4.26. The first kappa shape index (κ1) is 29.2. The van der Waals surface area contributed by atoms with Gasteiger partial charge < -0.3 is 14.7 Å². The average molecular weight is 593 g/mol. The van der Waals surface area contributed by atoms with E-state index in [1.165, 1.54) is 28.8 Å². The number of hydrogen-bond donors (Lipinski definition) is 1. The molecule has 1 aromatic heterocycles. The van der Waals surface area contributed by atoms with Gasteiger partial charge in [-0.1, -0.05) is 37.7 Å². The molecule has 5 rings (SSSR count). The number of nitrogens with zero attached hydrogens (tertiary/aromatic N) is 6. The Morgan fingerprint density at radius 2 is 1.64 bits per heavy atom. The number of carbonyl (C=O) groups excluding carboxylic acids is 3. The Morgan fingerprint density at radius 3 is 2.26 bits per heavy atom. The lowest BCUT2D eigenvalue weighted by atomic mass is 9.81. The fourth-order valence-corrected chi connectivity index (χ4v) is 6.13. The zero-order chi connectivity index (χ0) is 29.9. The van der Waals surface area contributed by atoms with Crippen molar-refractivity contribution in [3.05, 3.63) is 59.7 Å². The number of carbonyl (C=O) groups is 4. The molecule has 3 amide bonds. The van der Waals surface area contributed by atoms with E-state index in [2.05, 4.69) is 15.5 Å². The van der Waals surface area contributed by atoms with Crippen molar-refractivity contribution in [1.29, 1.82) is 0 Å². The van der Waals surface area contributed by atoms with E-state index in [1.54, 1.807) is 33.8 Å². The van der Waals surface area contributed by atoms with E-state index >= 15 is 0 Å². The molecule has 2 aliphatic rings. The van der Waals surface area contributed by atoms with Crippen LogP contribution >= 0.6 is 11.8 Å². The van der Waals surface area contributed by atoms with Crippen molar-refractivity contribution in [2.24, 2.45) is 5.41 Å². The van der Waals surface area contributed by atoms with Crippen LogP contribution in [0.4, 0.5) is 4.79 Å². The van der Waals surface area contributed by atoms with Gasteiger partial charge >= 0.3 is 12.1 Å². The van der Waals surface area contributed by atoms with Gasteiger partial charge in [-0.3, -0.25) is 14.5 Å². The minimum atomic E-state index is -1.000. The number of rotatable bonds is 8. The largest absolute Gasteiger partial charge is 0.478 e. The van der Waals surface area contributed by atoms with E-state index in [0.717, 1.165) is 18.4 Å². The molecule has 12 nitrogen and oxygen atoms in total.